The van der Waals surface area contributed by atoms with Gasteiger partial charge < -0.3 is 9.47 Å². The highest BCUT2D eigenvalue weighted by Crippen LogP contribution is 2.28. The molecule has 2 aromatic rings. The molecule has 37 heavy (non-hydrogen) atoms. The van der Waals surface area contributed by atoms with Gasteiger partial charge in [0, 0.05) is 27.4 Å². The van der Waals surface area contributed by atoms with E-state index in [4.69, 9.17) is 14.7 Å². The number of fused-ring (bicyclic) bond motifs is 2. The molecule has 0 saturated carbocycles. The van der Waals surface area contributed by atoms with E-state index in [-0.39, 0.29) is 5.78 Å². The molecule has 0 amide bonds. The van der Waals surface area contributed by atoms with Crippen LogP contribution >= 0.6 is 31.9 Å². The molecule has 2 aromatic carbocycles. The average molecular weight is 665 g/mol. The standard InChI is InChI=1S/C10H7BrN2O.C9H7BrO2.C7H18N2Si2/c11-7-1-2-10-8(5-7)9(13-6-12)3-4-14-10;10-6-1-2-9-7(5-6)8(11)3-4-12-9;1-10(2,3)8-7-9-11(4,5)6/h1-2,5H,3-4H2;1-2,5H,3-4H2;1-6H3. The Morgan fingerprint density at radius 2 is 1.30 bits per heavy atom. The van der Waals surface area contributed by atoms with E-state index in [0.29, 0.717) is 37.4 Å². The lowest BCUT2D eigenvalue weighted by molar-refractivity contribution is 0.0933. The van der Waals surface area contributed by atoms with Gasteiger partial charge in [-0.05, 0) is 75.7 Å². The highest BCUT2D eigenvalue weighted by Gasteiger charge is 2.18. The summed E-state index contributed by atoms with van der Waals surface area (Å²) in [5.41, 5.74) is 2.40. The third kappa shape index (κ3) is 11.3. The second kappa shape index (κ2) is 14.0. The second-order valence-corrected chi connectivity index (χ2v) is 21.2. The Morgan fingerprint density at radius 3 is 1.81 bits per heavy atom. The Bertz CT molecular complexity index is 1240. The second-order valence-electron chi connectivity index (χ2n) is 10.2. The van der Waals surface area contributed by atoms with Gasteiger partial charge in [0.05, 0.1) is 30.5 Å². The van der Waals surface area contributed by atoms with Crippen LogP contribution in [0, 0.1) is 11.5 Å². The molecule has 0 spiro atoms. The van der Waals surface area contributed by atoms with Crippen molar-refractivity contribution in [3.05, 3.63) is 56.5 Å². The number of carbonyl (C=O) groups is 1. The molecule has 7 nitrogen and oxygen atoms in total. The van der Waals surface area contributed by atoms with Crippen molar-refractivity contribution in [3.8, 4) is 17.7 Å². The van der Waals surface area contributed by atoms with Crippen molar-refractivity contribution < 1.29 is 14.3 Å². The van der Waals surface area contributed by atoms with E-state index < -0.39 is 16.5 Å². The molecular weight excluding hydrogens is 632 g/mol. The molecule has 0 radical (unpaired) electrons. The van der Waals surface area contributed by atoms with Crippen LogP contribution in [0.2, 0.25) is 39.3 Å². The molecule has 2 heterocycles. The van der Waals surface area contributed by atoms with E-state index in [2.05, 4.69) is 91.5 Å². The molecule has 0 aromatic heterocycles. The Balaban J connectivity index is 0.000000197. The lowest BCUT2D eigenvalue weighted by atomic mass is 10.0. The molecule has 2 aliphatic rings. The normalized spacial score (nSPS) is 15.0. The van der Waals surface area contributed by atoms with Crippen molar-refractivity contribution in [1.29, 1.82) is 5.26 Å². The zero-order chi connectivity index (χ0) is 27.6. The largest absolute Gasteiger partial charge is 0.492 e. The maximum atomic E-state index is 11.3. The van der Waals surface area contributed by atoms with Crippen LogP contribution in [0.15, 0.2) is 59.7 Å². The number of rotatable bonds is 2. The van der Waals surface area contributed by atoms with Crippen molar-refractivity contribution in [3.63, 3.8) is 0 Å². The van der Waals surface area contributed by atoms with Crippen LogP contribution in [-0.2, 0) is 0 Å². The summed E-state index contributed by atoms with van der Waals surface area (Å²) in [7, 11) is -2.63. The number of aliphatic imine (C=N–C) groups is 1. The maximum Gasteiger partial charge on any atom is 0.205 e. The lowest BCUT2D eigenvalue weighted by Crippen LogP contribution is -2.18. The van der Waals surface area contributed by atoms with Crippen LogP contribution in [0.25, 0.3) is 0 Å². The van der Waals surface area contributed by atoms with Gasteiger partial charge in [-0.1, -0.05) is 31.9 Å². The summed E-state index contributed by atoms with van der Waals surface area (Å²) in [6.45, 7) is 14.2. The van der Waals surface area contributed by atoms with E-state index in [1.54, 1.807) is 6.07 Å². The van der Waals surface area contributed by atoms with Gasteiger partial charge in [0.1, 0.15) is 11.5 Å². The van der Waals surface area contributed by atoms with E-state index in [9.17, 15) is 4.79 Å². The van der Waals surface area contributed by atoms with Crippen molar-refractivity contribution in [2.45, 2.75) is 52.1 Å². The van der Waals surface area contributed by atoms with Gasteiger partial charge in [0.2, 0.25) is 6.19 Å². The molecule has 0 atom stereocenters. The minimum Gasteiger partial charge on any atom is -0.492 e. The number of hydrogen-bond donors (Lipinski definition) is 0. The number of ether oxygens (including phenoxy) is 2. The van der Waals surface area contributed by atoms with Crippen LogP contribution in [0.4, 0.5) is 0 Å². The summed E-state index contributed by atoms with van der Waals surface area (Å²) in [4.78, 5) is 15.1. The van der Waals surface area contributed by atoms with Crippen LogP contribution in [-0.4, -0.2) is 47.2 Å². The van der Waals surface area contributed by atoms with Crippen molar-refractivity contribution >= 4 is 65.8 Å². The first-order valence-corrected chi connectivity index (χ1v) is 20.3. The molecule has 0 saturated heterocycles. The molecule has 4 rings (SSSR count). The van der Waals surface area contributed by atoms with Gasteiger partial charge in [-0.3, -0.25) is 14.1 Å². The maximum absolute atomic E-state index is 11.3. The van der Waals surface area contributed by atoms with Gasteiger partial charge in [-0.15, -0.1) is 0 Å². The Morgan fingerprint density at radius 1 is 0.811 bits per heavy atom. The highest BCUT2D eigenvalue weighted by atomic mass is 79.9. The summed E-state index contributed by atoms with van der Waals surface area (Å²) in [6.07, 6.45) is 3.00. The third-order valence-electron chi connectivity index (χ3n) is 4.63. The molecule has 2 aliphatic heterocycles. The number of ketones is 1. The van der Waals surface area contributed by atoms with Gasteiger partial charge in [0.15, 0.2) is 22.3 Å². The molecule has 196 valence electrons. The number of hydrogen-bond acceptors (Lipinski definition) is 7. The first-order valence-electron chi connectivity index (χ1n) is 11.8. The summed E-state index contributed by atoms with van der Waals surface area (Å²) >= 11 is 6.69. The predicted molar refractivity (Wildman–Crippen MR) is 162 cm³/mol. The molecule has 0 unspecified atom stereocenters. The van der Waals surface area contributed by atoms with E-state index in [0.717, 1.165) is 26.0 Å². The van der Waals surface area contributed by atoms with Crippen molar-refractivity contribution in [1.82, 2.24) is 0 Å². The number of Topliss-reactive ketones (excluding diaryl/α,β-unsaturated/α-hetero) is 1. The van der Waals surface area contributed by atoms with Crippen molar-refractivity contribution in [2.75, 3.05) is 13.2 Å². The third-order valence-corrected chi connectivity index (χ3v) is 7.16. The van der Waals surface area contributed by atoms with Crippen molar-refractivity contribution in [2.24, 2.45) is 14.3 Å². The first kappa shape index (κ1) is 30.9. The fourth-order valence-corrected chi connectivity index (χ4v) is 4.50. The molecule has 0 aliphatic carbocycles. The van der Waals surface area contributed by atoms with E-state index in [1.165, 1.54) is 0 Å². The van der Waals surface area contributed by atoms with Gasteiger partial charge in [-0.2, -0.15) is 10.3 Å². The van der Waals surface area contributed by atoms with Crippen LogP contribution in [0.5, 0.6) is 11.5 Å². The van der Waals surface area contributed by atoms with Gasteiger partial charge in [-0.25, -0.2) is 0 Å². The Hall–Kier alpha value is -2.36. The molecule has 0 N–H and O–H groups in total. The van der Waals surface area contributed by atoms with E-state index in [1.807, 2.05) is 36.5 Å². The monoisotopic (exact) mass is 662 g/mol. The summed E-state index contributed by atoms with van der Waals surface area (Å²) in [5.74, 6) is 1.67. The number of carbonyl (C=O) groups excluding carboxylic acids is 1. The highest BCUT2D eigenvalue weighted by molar-refractivity contribution is 9.10. The quantitative estimate of drug-likeness (QED) is 0.186. The molecule has 11 heteroatoms. The number of nitrogens with zero attached hydrogens (tertiary/aromatic N) is 4. The van der Waals surface area contributed by atoms with E-state index >= 15 is 0 Å². The van der Waals surface area contributed by atoms with Crippen LogP contribution < -0.4 is 9.47 Å². The van der Waals surface area contributed by atoms with Gasteiger partial charge in [0.25, 0.3) is 0 Å². The molecule has 0 bridgehead atoms. The topological polar surface area (TPSA) is 96.4 Å². The fraction of sp³-hybridized carbons (Fsp3) is 0.385. The predicted octanol–water partition coefficient (Wildman–Crippen LogP) is 7.75. The number of nitriles is 1. The number of benzene rings is 2. The van der Waals surface area contributed by atoms with Crippen LogP contribution in [0.1, 0.15) is 28.8 Å². The average Bonchev–Trinajstić information content (AvgIpc) is 2.79. The fourth-order valence-electron chi connectivity index (χ4n) is 2.98. The van der Waals surface area contributed by atoms with Crippen LogP contribution in [0.3, 0.4) is 0 Å². The minimum atomic E-state index is -1.31. The number of halogens is 2. The summed E-state index contributed by atoms with van der Waals surface area (Å²) in [6, 6.07) is 14.0. The minimum absolute atomic E-state index is 0.164. The SMILES string of the molecule is C[Si](C)(C)N=C=N[Si](C)(C)C.N#CN=C1CCOc2ccc(Br)cc21.O=C1CCOc2ccc(Br)cc21. The zero-order valence-corrected chi connectivity index (χ0v) is 27.2. The van der Waals surface area contributed by atoms with Gasteiger partial charge >= 0.3 is 0 Å². The Kier molecular flexibility index (Phi) is 11.7. The summed E-state index contributed by atoms with van der Waals surface area (Å²) in [5, 5.41) is 8.52. The Labute approximate surface area is 238 Å². The zero-order valence-electron chi connectivity index (χ0n) is 22.1. The first-order chi connectivity index (χ1) is 17.3. The summed E-state index contributed by atoms with van der Waals surface area (Å²) < 4.78 is 21.2. The molecular formula is C26H32Br2N4O3Si2. The smallest absolute Gasteiger partial charge is 0.205 e. The lowest BCUT2D eigenvalue weighted by Gasteiger charge is -2.18. The molecule has 0 fully saturated rings.